The number of aryl methyl sites for hydroxylation is 1. The van der Waals surface area contributed by atoms with Crippen molar-refractivity contribution in [2.75, 3.05) is 13.1 Å². The van der Waals surface area contributed by atoms with E-state index in [0.717, 1.165) is 23.8 Å². The molecule has 1 aromatic heterocycles. The van der Waals surface area contributed by atoms with Crippen LogP contribution in [0.3, 0.4) is 0 Å². The maximum Gasteiger partial charge on any atom is 0.325 e. The number of hydrogen-bond donors (Lipinski definition) is 2. The van der Waals surface area contributed by atoms with E-state index >= 15 is 0 Å². The lowest BCUT2D eigenvalue weighted by atomic mass is 9.88. The molecule has 3 rings (SSSR count). The summed E-state index contributed by atoms with van der Waals surface area (Å²) in [7, 11) is 0. The van der Waals surface area contributed by atoms with E-state index in [-0.39, 0.29) is 18.5 Å². The number of rotatable bonds is 2. The second-order valence-electron chi connectivity index (χ2n) is 5.01. The van der Waals surface area contributed by atoms with Gasteiger partial charge in [0.05, 0.1) is 17.2 Å². The van der Waals surface area contributed by atoms with Crippen molar-refractivity contribution in [1.82, 2.24) is 20.5 Å². The summed E-state index contributed by atoms with van der Waals surface area (Å²) < 4.78 is 0. The van der Waals surface area contributed by atoms with Crippen LogP contribution in [0.15, 0.2) is 5.38 Å². The van der Waals surface area contributed by atoms with Crippen LogP contribution in [0, 0.1) is 6.92 Å². The normalized spacial score (nSPS) is 22.1. The molecule has 7 heteroatoms. The molecule has 1 aromatic rings. The molecule has 0 unspecified atom stereocenters. The Bertz CT molecular complexity index is 522. The zero-order valence-electron chi connectivity index (χ0n) is 10.7. The number of nitrogens with zero attached hydrogens (tertiary/aromatic N) is 2. The fourth-order valence-electron chi connectivity index (χ4n) is 2.66. The van der Waals surface area contributed by atoms with Crippen LogP contribution in [0.25, 0.3) is 0 Å². The quantitative estimate of drug-likeness (QED) is 0.779. The highest BCUT2D eigenvalue weighted by molar-refractivity contribution is 7.09. The summed E-state index contributed by atoms with van der Waals surface area (Å²) in [4.78, 5) is 30.1. The minimum Gasteiger partial charge on any atom is -0.323 e. The molecule has 0 radical (unpaired) electrons. The molecule has 0 aliphatic carbocycles. The second-order valence-corrected chi connectivity index (χ2v) is 6.07. The van der Waals surface area contributed by atoms with Crippen molar-refractivity contribution >= 4 is 23.3 Å². The smallest absolute Gasteiger partial charge is 0.323 e. The first-order chi connectivity index (χ1) is 9.11. The van der Waals surface area contributed by atoms with Crippen LogP contribution in [-0.4, -0.2) is 40.5 Å². The molecule has 2 saturated heterocycles. The number of hydrogen-bond acceptors (Lipinski definition) is 5. The SMILES string of the molecule is Cc1nc(CN2C(=O)NC3(CCNCC3)C2=O)cs1. The molecule has 2 aliphatic rings. The van der Waals surface area contributed by atoms with Gasteiger partial charge in [-0.2, -0.15) is 0 Å². The lowest BCUT2D eigenvalue weighted by Gasteiger charge is -2.31. The van der Waals surface area contributed by atoms with Crippen molar-refractivity contribution < 1.29 is 9.59 Å². The van der Waals surface area contributed by atoms with Gasteiger partial charge < -0.3 is 10.6 Å². The average molecular weight is 280 g/mol. The zero-order chi connectivity index (χ0) is 13.5. The van der Waals surface area contributed by atoms with Crippen LogP contribution in [-0.2, 0) is 11.3 Å². The molecule has 19 heavy (non-hydrogen) atoms. The van der Waals surface area contributed by atoms with Gasteiger partial charge in [0.25, 0.3) is 5.91 Å². The molecule has 102 valence electrons. The van der Waals surface area contributed by atoms with Crippen molar-refractivity contribution in [2.45, 2.75) is 31.8 Å². The van der Waals surface area contributed by atoms with Gasteiger partial charge in [-0.3, -0.25) is 9.69 Å². The Labute approximate surface area is 115 Å². The molecular formula is C12H16N4O2S. The number of urea groups is 1. The average Bonchev–Trinajstić information content (AvgIpc) is 2.89. The summed E-state index contributed by atoms with van der Waals surface area (Å²) >= 11 is 1.53. The van der Waals surface area contributed by atoms with Crippen LogP contribution in [0.2, 0.25) is 0 Å². The van der Waals surface area contributed by atoms with Crippen LogP contribution < -0.4 is 10.6 Å². The van der Waals surface area contributed by atoms with Crippen molar-refractivity contribution in [3.8, 4) is 0 Å². The first kappa shape index (κ1) is 12.6. The van der Waals surface area contributed by atoms with Gasteiger partial charge in [0, 0.05) is 5.38 Å². The van der Waals surface area contributed by atoms with Crippen LogP contribution in [0.4, 0.5) is 4.79 Å². The van der Waals surface area contributed by atoms with Crippen LogP contribution in [0.5, 0.6) is 0 Å². The molecule has 6 nitrogen and oxygen atoms in total. The van der Waals surface area contributed by atoms with Crippen molar-refractivity contribution in [2.24, 2.45) is 0 Å². The second kappa shape index (κ2) is 4.57. The molecule has 0 saturated carbocycles. The van der Waals surface area contributed by atoms with Crippen LogP contribution >= 0.6 is 11.3 Å². The zero-order valence-corrected chi connectivity index (χ0v) is 11.5. The third-order valence-electron chi connectivity index (χ3n) is 3.69. The van der Waals surface area contributed by atoms with Gasteiger partial charge >= 0.3 is 6.03 Å². The molecule has 0 atom stereocenters. The molecule has 0 aromatic carbocycles. The van der Waals surface area contributed by atoms with Crippen molar-refractivity contribution in [3.63, 3.8) is 0 Å². The van der Waals surface area contributed by atoms with Gasteiger partial charge in [-0.1, -0.05) is 0 Å². The van der Waals surface area contributed by atoms with E-state index in [4.69, 9.17) is 0 Å². The molecule has 1 spiro atoms. The van der Waals surface area contributed by atoms with Crippen molar-refractivity contribution in [1.29, 1.82) is 0 Å². The topological polar surface area (TPSA) is 74.3 Å². The Morgan fingerprint density at radius 1 is 1.42 bits per heavy atom. The van der Waals surface area contributed by atoms with E-state index in [1.54, 1.807) is 0 Å². The molecule has 3 heterocycles. The summed E-state index contributed by atoms with van der Waals surface area (Å²) in [5.41, 5.74) is 0.0879. The summed E-state index contributed by atoms with van der Waals surface area (Å²) in [6.07, 6.45) is 1.31. The van der Waals surface area contributed by atoms with E-state index in [9.17, 15) is 9.59 Å². The van der Waals surface area contributed by atoms with E-state index in [0.29, 0.717) is 12.8 Å². The predicted molar refractivity (Wildman–Crippen MR) is 70.8 cm³/mol. The number of piperidine rings is 1. The standard InChI is InChI=1S/C12H16N4O2S/c1-8-14-9(7-19-8)6-16-10(17)12(15-11(16)18)2-4-13-5-3-12/h7,13H,2-6H2,1H3,(H,15,18). The third kappa shape index (κ3) is 2.12. The lowest BCUT2D eigenvalue weighted by molar-refractivity contribution is -0.132. The number of carbonyl (C=O) groups is 2. The van der Waals surface area contributed by atoms with Gasteiger partial charge in [0.2, 0.25) is 0 Å². The summed E-state index contributed by atoms with van der Waals surface area (Å²) in [6.45, 7) is 3.70. The minimum atomic E-state index is -0.687. The molecule has 2 N–H and O–H groups in total. The Balaban J connectivity index is 1.79. The maximum atomic E-state index is 12.5. The fraction of sp³-hybridized carbons (Fsp3) is 0.583. The van der Waals surface area contributed by atoms with Gasteiger partial charge in [-0.25, -0.2) is 9.78 Å². The minimum absolute atomic E-state index is 0.107. The molecule has 3 amide bonds. The molecule has 2 aliphatic heterocycles. The van der Waals surface area contributed by atoms with Gasteiger partial charge in [-0.05, 0) is 32.9 Å². The first-order valence-corrected chi connectivity index (χ1v) is 7.24. The Morgan fingerprint density at radius 3 is 2.79 bits per heavy atom. The van der Waals surface area contributed by atoms with E-state index in [1.165, 1.54) is 16.2 Å². The Kier molecular flexibility index (Phi) is 3.02. The van der Waals surface area contributed by atoms with E-state index in [2.05, 4.69) is 15.6 Å². The maximum absolute atomic E-state index is 12.5. The lowest BCUT2D eigenvalue weighted by Crippen LogP contribution is -2.53. The first-order valence-electron chi connectivity index (χ1n) is 6.37. The highest BCUT2D eigenvalue weighted by Gasteiger charge is 2.51. The van der Waals surface area contributed by atoms with E-state index in [1.807, 2.05) is 12.3 Å². The molecule has 0 bridgehead atoms. The van der Waals surface area contributed by atoms with Gasteiger partial charge in [0.1, 0.15) is 5.54 Å². The summed E-state index contributed by atoms with van der Waals surface area (Å²) in [5.74, 6) is -0.107. The molecular weight excluding hydrogens is 264 g/mol. The number of imide groups is 1. The van der Waals surface area contributed by atoms with Gasteiger partial charge in [-0.15, -0.1) is 11.3 Å². The molecule has 2 fully saturated rings. The van der Waals surface area contributed by atoms with Crippen LogP contribution in [0.1, 0.15) is 23.5 Å². The summed E-state index contributed by atoms with van der Waals surface area (Å²) in [5, 5.41) is 8.91. The van der Waals surface area contributed by atoms with Gasteiger partial charge in [0.15, 0.2) is 0 Å². The predicted octanol–water partition coefficient (Wildman–Crippen LogP) is 0.626. The summed E-state index contributed by atoms with van der Waals surface area (Å²) in [6, 6.07) is -0.294. The monoisotopic (exact) mass is 280 g/mol. The van der Waals surface area contributed by atoms with E-state index < -0.39 is 5.54 Å². The Hall–Kier alpha value is -1.47. The number of thiazole rings is 1. The fourth-order valence-corrected chi connectivity index (χ4v) is 3.26. The highest BCUT2D eigenvalue weighted by Crippen LogP contribution is 2.28. The highest BCUT2D eigenvalue weighted by atomic mass is 32.1. The number of amides is 3. The number of carbonyl (C=O) groups excluding carboxylic acids is 2. The van der Waals surface area contributed by atoms with Crippen molar-refractivity contribution in [3.05, 3.63) is 16.1 Å². The third-order valence-corrected chi connectivity index (χ3v) is 4.51. The Morgan fingerprint density at radius 2 is 2.16 bits per heavy atom. The number of aromatic nitrogens is 1. The largest absolute Gasteiger partial charge is 0.325 e. The number of nitrogens with one attached hydrogen (secondary N) is 2.